The van der Waals surface area contributed by atoms with Gasteiger partial charge < -0.3 is 0 Å². The molecule has 0 aliphatic heterocycles. The van der Waals surface area contributed by atoms with Crippen LogP contribution in [0.4, 0.5) is 0 Å². The molecule has 0 amide bonds. The highest BCUT2D eigenvalue weighted by atomic mass is 79.9. The molecule has 0 bridgehead atoms. The molecule has 78 valence electrons. The lowest BCUT2D eigenvalue weighted by molar-refractivity contribution is 1.32. The molecule has 0 spiro atoms. The molecule has 1 aromatic carbocycles. The topological polar surface area (TPSA) is 12.9 Å². The van der Waals surface area contributed by atoms with E-state index in [0.29, 0.717) is 20.6 Å². The van der Waals surface area contributed by atoms with Gasteiger partial charge in [0.05, 0.1) is 20.6 Å². The van der Waals surface area contributed by atoms with Gasteiger partial charge in [0.15, 0.2) is 0 Å². The monoisotopic (exact) mass is 323 g/mol. The van der Waals surface area contributed by atoms with Crippen LogP contribution in [0, 0.1) is 6.92 Å². The number of nitrogens with zero attached hydrogens (tertiary/aromatic N) is 1. The zero-order chi connectivity index (χ0) is 11.2. The predicted octanol–water partition coefficient (Wildman–Crippen LogP) is 5.27. The van der Waals surface area contributed by atoms with Crippen LogP contribution in [-0.2, 0) is 0 Å². The molecular formula is C10H5BrCl3N. The molecule has 1 aromatic heterocycles. The van der Waals surface area contributed by atoms with Gasteiger partial charge in [0.2, 0.25) is 0 Å². The fraction of sp³-hybridized carbons (Fsp3) is 0.100. The quantitative estimate of drug-likeness (QED) is 0.475. The van der Waals surface area contributed by atoms with Gasteiger partial charge in [0.25, 0.3) is 0 Å². The molecule has 0 fully saturated rings. The van der Waals surface area contributed by atoms with E-state index in [1.807, 2.05) is 13.0 Å². The standard InChI is InChI=1S/C10H5BrCl3N/c1-4-2-7(11)15-10-6(13)3-5(12)9(14)8(4)10/h2-3H,1H3. The van der Waals surface area contributed by atoms with Crippen LogP contribution in [-0.4, -0.2) is 4.98 Å². The number of pyridine rings is 1. The van der Waals surface area contributed by atoms with Crippen molar-refractivity contribution in [3.63, 3.8) is 0 Å². The lowest BCUT2D eigenvalue weighted by Crippen LogP contribution is -1.87. The third-order valence-electron chi connectivity index (χ3n) is 2.09. The van der Waals surface area contributed by atoms with Gasteiger partial charge >= 0.3 is 0 Å². The number of hydrogen-bond acceptors (Lipinski definition) is 1. The summed E-state index contributed by atoms with van der Waals surface area (Å²) in [4.78, 5) is 4.28. The zero-order valence-corrected chi connectivity index (χ0v) is 11.5. The Balaban J connectivity index is 3.03. The smallest absolute Gasteiger partial charge is 0.107 e. The summed E-state index contributed by atoms with van der Waals surface area (Å²) in [6.07, 6.45) is 0. The molecule has 0 aliphatic rings. The molecule has 0 saturated carbocycles. The molecule has 1 nitrogen and oxygen atoms in total. The first-order valence-electron chi connectivity index (χ1n) is 4.11. The van der Waals surface area contributed by atoms with Crippen molar-refractivity contribution in [3.05, 3.63) is 37.4 Å². The van der Waals surface area contributed by atoms with E-state index in [1.54, 1.807) is 6.07 Å². The highest BCUT2D eigenvalue weighted by Crippen LogP contribution is 2.37. The highest BCUT2D eigenvalue weighted by molar-refractivity contribution is 9.10. The molecule has 0 atom stereocenters. The molecule has 1 heterocycles. The lowest BCUT2D eigenvalue weighted by Gasteiger charge is -2.08. The van der Waals surface area contributed by atoms with Crippen LogP contribution in [0.25, 0.3) is 10.9 Å². The molecule has 15 heavy (non-hydrogen) atoms. The minimum atomic E-state index is 0.446. The lowest BCUT2D eigenvalue weighted by atomic mass is 10.1. The van der Waals surface area contributed by atoms with Crippen LogP contribution in [0.1, 0.15) is 5.56 Å². The van der Waals surface area contributed by atoms with Gasteiger partial charge in [-0.05, 0) is 40.5 Å². The molecule has 2 rings (SSSR count). The van der Waals surface area contributed by atoms with Crippen molar-refractivity contribution in [2.45, 2.75) is 6.92 Å². The summed E-state index contributed by atoms with van der Waals surface area (Å²) in [5.74, 6) is 0. The van der Waals surface area contributed by atoms with Crippen molar-refractivity contribution in [2.75, 3.05) is 0 Å². The Morgan fingerprint density at radius 2 is 1.80 bits per heavy atom. The van der Waals surface area contributed by atoms with Gasteiger partial charge in [0, 0.05) is 5.39 Å². The third kappa shape index (κ3) is 1.96. The molecule has 2 aromatic rings. The van der Waals surface area contributed by atoms with Crippen molar-refractivity contribution in [1.29, 1.82) is 0 Å². The summed E-state index contributed by atoms with van der Waals surface area (Å²) in [5.41, 5.74) is 1.65. The molecule has 0 unspecified atom stereocenters. The van der Waals surface area contributed by atoms with Gasteiger partial charge in [-0.25, -0.2) is 4.98 Å². The first-order valence-corrected chi connectivity index (χ1v) is 6.03. The van der Waals surface area contributed by atoms with E-state index in [1.165, 1.54) is 0 Å². The largest absolute Gasteiger partial charge is 0.239 e. The Labute approximate surface area is 110 Å². The van der Waals surface area contributed by atoms with E-state index < -0.39 is 0 Å². The number of hydrogen-bond donors (Lipinski definition) is 0. The summed E-state index contributed by atoms with van der Waals surface area (Å²) in [5, 5.41) is 2.25. The molecule has 0 saturated heterocycles. The van der Waals surface area contributed by atoms with E-state index in [0.717, 1.165) is 15.6 Å². The van der Waals surface area contributed by atoms with Crippen molar-refractivity contribution in [2.24, 2.45) is 0 Å². The number of fused-ring (bicyclic) bond motifs is 1. The third-order valence-corrected chi connectivity index (χ3v) is 3.58. The second-order valence-corrected chi connectivity index (χ2v) is 5.14. The van der Waals surface area contributed by atoms with Crippen molar-refractivity contribution >= 4 is 61.6 Å². The highest BCUT2D eigenvalue weighted by Gasteiger charge is 2.12. The van der Waals surface area contributed by atoms with E-state index in [2.05, 4.69) is 20.9 Å². The number of aryl methyl sites for hydroxylation is 1. The zero-order valence-electron chi connectivity index (χ0n) is 7.61. The minimum Gasteiger partial charge on any atom is -0.239 e. The molecule has 5 heteroatoms. The van der Waals surface area contributed by atoms with E-state index >= 15 is 0 Å². The summed E-state index contributed by atoms with van der Waals surface area (Å²) < 4.78 is 0.729. The summed E-state index contributed by atoms with van der Waals surface area (Å²) in [7, 11) is 0. The van der Waals surface area contributed by atoms with E-state index in [9.17, 15) is 0 Å². The van der Waals surface area contributed by atoms with Gasteiger partial charge in [-0.1, -0.05) is 34.8 Å². The van der Waals surface area contributed by atoms with Crippen LogP contribution in [0.2, 0.25) is 15.1 Å². The normalized spacial score (nSPS) is 11.0. The Kier molecular flexibility index (Phi) is 3.13. The maximum Gasteiger partial charge on any atom is 0.107 e. The second kappa shape index (κ2) is 4.10. The van der Waals surface area contributed by atoms with Crippen LogP contribution in [0.5, 0.6) is 0 Å². The average molecular weight is 325 g/mol. The Hall–Kier alpha value is -0.0200. The Morgan fingerprint density at radius 1 is 1.13 bits per heavy atom. The first-order chi connectivity index (χ1) is 7.00. The van der Waals surface area contributed by atoms with Gasteiger partial charge in [-0.3, -0.25) is 0 Å². The number of benzene rings is 1. The van der Waals surface area contributed by atoms with Crippen LogP contribution in [0.15, 0.2) is 16.7 Å². The van der Waals surface area contributed by atoms with Crippen molar-refractivity contribution < 1.29 is 0 Å². The summed E-state index contributed by atoms with van der Waals surface area (Å²) in [6, 6.07) is 3.48. The van der Waals surface area contributed by atoms with Crippen LogP contribution < -0.4 is 0 Å². The van der Waals surface area contributed by atoms with E-state index in [4.69, 9.17) is 34.8 Å². The van der Waals surface area contributed by atoms with Gasteiger partial charge in [-0.2, -0.15) is 0 Å². The number of halogens is 4. The molecule has 0 radical (unpaired) electrons. The average Bonchev–Trinajstić information content (AvgIpc) is 2.13. The number of rotatable bonds is 0. The predicted molar refractivity (Wildman–Crippen MR) is 69.2 cm³/mol. The Bertz CT molecular complexity index is 554. The van der Waals surface area contributed by atoms with Crippen molar-refractivity contribution in [3.8, 4) is 0 Å². The first kappa shape index (κ1) is 11.5. The fourth-order valence-corrected chi connectivity index (χ4v) is 2.76. The minimum absolute atomic E-state index is 0.446. The second-order valence-electron chi connectivity index (χ2n) is 3.14. The Morgan fingerprint density at radius 3 is 2.47 bits per heavy atom. The fourth-order valence-electron chi connectivity index (χ4n) is 1.44. The molecule has 0 N–H and O–H groups in total. The number of aromatic nitrogens is 1. The van der Waals surface area contributed by atoms with Gasteiger partial charge in [0.1, 0.15) is 4.60 Å². The molecular weight excluding hydrogens is 320 g/mol. The van der Waals surface area contributed by atoms with E-state index in [-0.39, 0.29) is 0 Å². The SMILES string of the molecule is Cc1cc(Br)nc2c(Cl)cc(Cl)c(Cl)c12. The van der Waals surface area contributed by atoms with Crippen molar-refractivity contribution in [1.82, 2.24) is 4.98 Å². The van der Waals surface area contributed by atoms with Crippen LogP contribution >= 0.6 is 50.7 Å². The summed E-state index contributed by atoms with van der Waals surface area (Å²) in [6.45, 7) is 1.94. The van der Waals surface area contributed by atoms with Gasteiger partial charge in [-0.15, -0.1) is 0 Å². The molecule has 0 aliphatic carbocycles. The maximum absolute atomic E-state index is 6.11. The maximum atomic E-state index is 6.11. The van der Waals surface area contributed by atoms with Crippen LogP contribution in [0.3, 0.4) is 0 Å². The summed E-state index contributed by atoms with van der Waals surface area (Å²) >= 11 is 21.4.